The molecular formula is C14H24IN5. The fourth-order valence-electron chi connectivity index (χ4n) is 1.93. The van der Waals surface area contributed by atoms with Crippen molar-refractivity contribution in [2.75, 3.05) is 32.6 Å². The van der Waals surface area contributed by atoms with E-state index in [0.717, 1.165) is 30.8 Å². The summed E-state index contributed by atoms with van der Waals surface area (Å²) in [7, 11) is 5.82. The normalized spacial score (nSPS) is 14.4. The number of hydrogen-bond donors (Lipinski definition) is 2. The monoisotopic (exact) mass is 389 g/mol. The predicted molar refractivity (Wildman–Crippen MR) is 94.9 cm³/mol. The molecule has 1 aliphatic rings. The highest BCUT2D eigenvalue weighted by Gasteiger charge is 2.21. The first kappa shape index (κ1) is 17.0. The molecule has 20 heavy (non-hydrogen) atoms. The van der Waals surface area contributed by atoms with Gasteiger partial charge < -0.3 is 15.5 Å². The first-order valence-corrected chi connectivity index (χ1v) is 6.76. The van der Waals surface area contributed by atoms with Gasteiger partial charge >= 0.3 is 0 Å². The molecule has 2 N–H and O–H groups in total. The van der Waals surface area contributed by atoms with Crippen molar-refractivity contribution >= 4 is 35.8 Å². The van der Waals surface area contributed by atoms with Gasteiger partial charge in [-0.3, -0.25) is 4.99 Å². The lowest BCUT2D eigenvalue weighted by atomic mass is 10.2. The average Bonchev–Trinajstić information content (AvgIpc) is 3.23. The van der Waals surface area contributed by atoms with Crippen molar-refractivity contribution in [2.24, 2.45) is 10.9 Å². The van der Waals surface area contributed by atoms with Crippen LogP contribution in [-0.2, 0) is 6.54 Å². The molecule has 0 unspecified atom stereocenters. The molecule has 0 aromatic carbocycles. The Bertz CT molecular complexity index is 443. The van der Waals surface area contributed by atoms with Crippen molar-refractivity contribution < 1.29 is 0 Å². The van der Waals surface area contributed by atoms with Gasteiger partial charge in [0.05, 0.1) is 0 Å². The third-order valence-corrected chi connectivity index (χ3v) is 3.22. The maximum absolute atomic E-state index is 4.39. The number of nitrogens with one attached hydrogen (secondary N) is 2. The summed E-state index contributed by atoms with van der Waals surface area (Å²) in [4.78, 5) is 10.7. The van der Waals surface area contributed by atoms with Gasteiger partial charge in [0.15, 0.2) is 5.96 Å². The molecule has 1 saturated carbocycles. The van der Waals surface area contributed by atoms with Crippen LogP contribution in [0.5, 0.6) is 0 Å². The minimum absolute atomic E-state index is 0. The number of nitrogens with zero attached hydrogens (tertiary/aromatic N) is 3. The minimum atomic E-state index is 0. The number of rotatable bonds is 5. The van der Waals surface area contributed by atoms with E-state index in [1.807, 2.05) is 31.3 Å². The van der Waals surface area contributed by atoms with Gasteiger partial charge in [-0.05, 0) is 24.8 Å². The molecule has 112 valence electrons. The van der Waals surface area contributed by atoms with Crippen LogP contribution < -0.4 is 15.5 Å². The fraction of sp³-hybridized carbons (Fsp3) is 0.571. The minimum Gasteiger partial charge on any atom is -0.362 e. The van der Waals surface area contributed by atoms with E-state index >= 15 is 0 Å². The predicted octanol–water partition coefficient (Wildman–Crippen LogP) is 1.84. The SMILES string of the molecule is CN=C(NCc1cccnc1N(C)C)NCC1CC1.I. The van der Waals surface area contributed by atoms with E-state index in [1.165, 1.54) is 18.4 Å². The Morgan fingerprint density at radius 1 is 1.40 bits per heavy atom. The van der Waals surface area contributed by atoms with Gasteiger partial charge in [-0.1, -0.05) is 6.07 Å². The van der Waals surface area contributed by atoms with Gasteiger partial charge in [-0.15, -0.1) is 24.0 Å². The van der Waals surface area contributed by atoms with Crippen LogP contribution in [0.1, 0.15) is 18.4 Å². The molecule has 0 bridgehead atoms. The Kier molecular flexibility index (Phi) is 7.04. The van der Waals surface area contributed by atoms with Crippen LogP contribution >= 0.6 is 24.0 Å². The molecule has 1 aliphatic carbocycles. The molecule has 1 aromatic heterocycles. The summed E-state index contributed by atoms with van der Waals surface area (Å²) < 4.78 is 0. The molecule has 0 spiro atoms. The highest BCUT2D eigenvalue weighted by Crippen LogP contribution is 2.27. The van der Waals surface area contributed by atoms with Gasteiger partial charge in [0.2, 0.25) is 0 Å². The number of hydrogen-bond acceptors (Lipinski definition) is 3. The zero-order valence-electron chi connectivity index (χ0n) is 12.4. The van der Waals surface area contributed by atoms with E-state index in [4.69, 9.17) is 0 Å². The maximum Gasteiger partial charge on any atom is 0.191 e. The second kappa shape index (κ2) is 8.28. The van der Waals surface area contributed by atoms with Gasteiger partial charge in [0.25, 0.3) is 0 Å². The van der Waals surface area contributed by atoms with E-state index < -0.39 is 0 Å². The fourth-order valence-corrected chi connectivity index (χ4v) is 1.93. The summed E-state index contributed by atoms with van der Waals surface area (Å²) in [6, 6.07) is 4.05. The summed E-state index contributed by atoms with van der Waals surface area (Å²) in [6.45, 7) is 1.75. The lowest BCUT2D eigenvalue weighted by Crippen LogP contribution is -2.38. The van der Waals surface area contributed by atoms with Crippen molar-refractivity contribution in [3.05, 3.63) is 23.9 Å². The summed E-state index contributed by atoms with van der Waals surface area (Å²) in [6.07, 6.45) is 4.51. The van der Waals surface area contributed by atoms with E-state index in [-0.39, 0.29) is 24.0 Å². The zero-order chi connectivity index (χ0) is 13.7. The molecule has 0 radical (unpaired) electrons. The molecule has 1 aromatic rings. The van der Waals surface area contributed by atoms with Crippen LogP contribution in [0.4, 0.5) is 5.82 Å². The summed E-state index contributed by atoms with van der Waals surface area (Å²) in [5.41, 5.74) is 1.17. The lowest BCUT2D eigenvalue weighted by Gasteiger charge is -2.17. The Balaban J connectivity index is 0.00000200. The molecule has 0 amide bonds. The number of aliphatic imine (C=N–C) groups is 1. The molecule has 0 atom stereocenters. The van der Waals surface area contributed by atoms with Crippen molar-refractivity contribution in [2.45, 2.75) is 19.4 Å². The zero-order valence-corrected chi connectivity index (χ0v) is 14.7. The largest absolute Gasteiger partial charge is 0.362 e. The first-order valence-electron chi connectivity index (χ1n) is 6.76. The Morgan fingerprint density at radius 2 is 2.15 bits per heavy atom. The smallest absolute Gasteiger partial charge is 0.191 e. The van der Waals surface area contributed by atoms with Crippen LogP contribution in [0.25, 0.3) is 0 Å². The van der Waals surface area contributed by atoms with Crippen LogP contribution in [-0.4, -0.2) is 38.6 Å². The molecule has 6 heteroatoms. The van der Waals surface area contributed by atoms with Crippen molar-refractivity contribution in [3.8, 4) is 0 Å². The van der Waals surface area contributed by atoms with Crippen LogP contribution in [0.3, 0.4) is 0 Å². The quantitative estimate of drug-likeness (QED) is 0.459. The van der Waals surface area contributed by atoms with Crippen LogP contribution in [0.15, 0.2) is 23.3 Å². The standard InChI is InChI=1S/C14H23N5.HI/c1-15-14(17-9-11-6-7-11)18-10-12-5-4-8-16-13(12)19(2)3;/h4-5,8,11H,6-7,9-10H2,1-3H3,(H2,15,17,18);1H. The van der Waals surface area contributed by atoms with Gasteiger partial charge in [-0.25, -0.2) is 4.98 Å². The highest BCUT2D eigenvalue weighted by molar-refractivity contribution is 14.0. The van der Waals surface area contributed by atoms with E-state index in [2.05, 4.69) is 26.7 Å². The third kappa shape index (κ3) is 5.15. The Morgan fingerprint density at radius 3 is 2.75 bits per heavy atom. The second-order valence-electron chi connectivity index (χ2n) is 5.13. The van der Waals surface area contributed by atoms with Crippen molar-refractivity contribution in [3.63, 3.8) is 0 Å². The summed E-state index contributed by atoms with van der Waals surface area (Å²) >= 11 is 0. The van der Waals surface area contributed by atoms with Crippen molar-refractivity contribution in [1.82, 2.24) is 15.6 Å². The lowest BCUT2D eigenvalue weighted by molar-refractivity contribution is 0.736. The molecular weight excluding hydrogens is 365 g/mol. The van der Waals surface area contributed by atoms with Crippen LogP contribution in [0, 0.1) is 5.92 Å². The van der Waals surface area contributed by atoms with Crippen molar-refractivity contribution in [1.29, 1.82) is 0 Å². The van der Waals surface area contributed by atoms with E-state index in [0.29, 0.717) is 0 Å². The maximum atomic E-state index is 4.39. The highest BCUT2D eigenvalue weighted by atomic mass is 127. The summed E-state index contributed by atoms with van der Waals surface area (Å²) in [5, 5.41) is 6.69. The molecule has 1 fully saturated rings. The molecule has 0 aliphatic heterocycles. The number of guanidine groups is 1. The van der Waals surface area contributed by atoms with Gasteiger partial charge in [0.1, 0.15) is 5.82 Å². The van der Waals surface area contributed by atoms with Crippen LogP contribution in [0.2, 0.25) is 0 Å². The first-order chi connectivity index (χ1) is 9.20. The van der Waals surface area contributed by atoms with E-state index in [1.54, 1.807) is 7.05 Å². The number of pyridine rings is 1. The Labute approximate surface area is 138 Å². The summed E-state index contributed by atoms with van der Waals surface area (Å²) in [5.74, 6) is 2.70. The number of aromatic nitrogens is 1. The third-order valence-electron chi connectivity index (χ3n) is 3.22. The Hall–Kier alpha value is -1.05. The second-order valence-corrected chi connectivity index (χ2v) is 5.13. The number of halogens is 1. The average molecular weight is 389 g/mol. The topological polar surface area (TPSA) is 52.6 Å². The number of anilines is 1. The van der Waals surface area contributed by atoms with Gasteiger partial charge in [-0.2, -0.15) is 0 Å². The van der Waals surface area contributed by atoms with E-state index in [9.17, 15) is 0 Å². The molecule has 1 heterocycles. The van der Waals surface area contributed by atoms with Gasteiger partial charge in [0, 0.05) is 46.0 Å². The molecule has 0 saturated heterocycles. The molecule has 2 rings (SSSR count). The molecule has 5 nitrogen and oxygen atoms in total.